The summed E-state index contributed by atoms with van der Waals surface area (Å²) >= 11 is 1.53. The number of oxime groups is 1. The molecule has 0 fully saturated rings. The first-order chi connectivity index (χ1) is 9.60. The van der Waals surface area contributed by atoms with E-state index in [1.54, 1.807) is 12.3 Å². The average Bonchev–Trinajstić information content (AvgIpc) is 2.89. The van der Waals surface area contributed by atoms with Crippen LogP contribution in [0.3, 0.4) is 0 Å². The molecular formula is C12H13N5O2S. The molecule has 0 aromatic carbocycles. The van der Waals surface area contributed by atoms with Crippen molar-refractivity contribution in [3.63, 3.8) is 0 Å². The SMILES string of the molecule is Cc1cnc(CNC(=O)c2ccc(/C(N)=N/O)cn2)s1. The minimum absolute atomic E-state index is 0.0530. The van der Waals surface area contributed by atoms with Crippen LogP contribution >= 0.6 is 11.3 Å². The van der Waals surface area contributed by atoms with E-state index in [9.17, 15) is 4.79 Å². The fourth-order valence-corrected chi connectivity index (χ4v) is 2.19. The molecule has 7 nitrogen and oxygen atoms in total. The quantitative estimate of drug-likeness (QED) is 0.335. The predicted octanol–water partition coefficient (Wildman–Crippen LogP) is 0.871. The third-order valence-electron chi connectivity index (χ3n) is 2.47. The molecule has 0 saturated carbocycles. The van der Waals surface area contributed by atoms with Crippen LogP contribution in [-0.2, 0) is 6.54 Å². The van der Waals surface area contributed by atoms with Crippen molar-refractivity contribution >= 4 is 23.1 Å². The van der Waals surface area contributed by atoms with Crippen molar-refractivity contribution < 1.29 is 10.0 Å². The Morgan fingerprint density at radius 2 is 2.25 bits per heavy atom. The second-order valence-corrected chi connectivity index (χ2v) is 5.28. The van der Waals surface area contributed by atoms with Gasteiger partial charge in [0.25, 0.3) is 5.91 Å². The van der Waals surface area contributed by atoms with E-state index in [0.717, 1.165) is 9.88 Å². The Labute approximate surface area is 119 Å². The molecule has 2 aromatic rings. The topological polar surface area (TPSA) is 113 Å². The number of hydrogen-bond donors (Lipinski definition) is 3. The smallest absolute Gasteiger partial charge is 0.270 e. The highest BCUT2D eigenvalue weighted by Crippen LogP contribution is 2.10. The van der Waals surface area contributed by atoms with Crippen LogP contribution < -0.4 is 11.1 Å². The number of rotatable bonds is 4. The van der Waals surface area contributed by atoms with Crippen LogP contribution in [0.2, 0.25) is 0 Å². The van der Waals surface area contributed by atoms with Crippen LogP contribution in [0.15, 0.2) is 29.7 Å². The highest BCUT2D eigenvalue weighted by atomic mass is 32.1. The number of amidine groups is 1. The summed E-state index contributed by atoms with van der Waals surface area (Å²) in [6, 6.07) is 3.07. The van der Waals surface area contributed by atoms with Crippen LogP contribution in [0.1, 0.15) is 25.9 Å². The number of carbonyl (C=O) groups is 1. The standard InChI is InChI=1S/C12H13N5O2S/c1-7-4-15-10(20-7)6-16-12(18)9-3-2-8(5-14-9)11(13)17-19/h2-5,19H,6H2,1H3,(H2,13,17)(H,16,18). The van der Waals surface area contributed by atoms with Gasteiger partial charge in [-0.15, -0.1) is 11.3 Å². The lowest BCUT2D eigenvalue weighted by atomic mass is 10.2. The van der Waals surface area contributed by atoms with Gasteiger partial charge in [0.05, 0.1) is 6.54 Å². The van der Waals surface area contributed by atoms with E-state index in [-0.39, 0.29) is 17.4 Å². The lowest BCUT2D eigenvalue weighted by Gasteiger charge is -2.03. The van der Waals surface area contributed by atoms with Crippen LogP contribution in [0, 0.1) is 6.92 Å². The Kier molecular flexibility index (Phi) is 4.26. The molecule has 0 aliphatic heterocycles. The molecule has 0 bridgehead atoms. The maximum Gasteiger partial charge on any atom is 0.270 e. The van der Waals surface area contributed by atoms with E-state index in [0.29, 0.717) is 12.1 Å². The normalized spacial score (nSPS) is 11.3. The molecule has 0 saturated heterocycles. The Balaban J connectivity index is 1.99. The number of aromatic nitrogens is 2. The molecule has 0 radical (unpaired) electrons. The van der Waals surface area contributed by atoms with Crippen molar-refractivity contribution in [3.05, 3.63) is 45.7 Å². The third kappa shape index (κ3) is 3.29. The van der Waals surface area contributed by atoms with E-state index in [1.165, 1.54) is 23.6 Å². The summed E-state index contributed by atoms with van der Waals surface area (Å²) in [4.78, 5) is 21.1. The van der Waals surface area contributed by atoms with Gasteiger partial charge in [-0.25, -0.2) is 4.98 Å². The van der Waals surface area contributed by atoms with Crippen molar-refractivity contribution in [2.45, 2.75) is 13.5 Å². The Morgan fingerprint density at radius 3 is 2.80 bits per heavy atom. The number of carbonyl (C=O) groups excluding carboxylic acids is 1. The van der Waals surface area contributed by atoms with Crippen LogP contribution in [0.5, 0.6) is 0 Å². The summed E-state index contributed by atoms with van der Waals surface area (Å²) in [6.45, 7) is 2.32. The van der Waals surface area contributed by atoms with Gasteiger partial charge >= 0.3 is 0 Å². The van der Waals surface area contributed by atoms with Crippen LogP contribution in [0.4, 0.5) is 0 Å². The van der Waals surface area contributed by atoms with Gasteiger partial charge in [0.2, 0.25) is 0 Å². The van der Waals surface area contributed by atoms with Crippen molar-refractivity contribution in [2.75, 3.05) is 0 Å². The monoisotopic (exact) mass is 291 g/mol. The molecule has 2 heterocycles. The first-order valence-corrected chi connectivity index (χ1v) is 6.55. The van der Waals surface area contributed by atoms with Crippen molar-refractivity contribution in [1.82, 2.24) is 15.3 Å². The number of nitrogens with one attached hydrogen (secondary N) is 1. The Morgan fingerprint density at radius 1 is 1.45 bits per heavy atom. The molecule has 2 aromatic heterocycles. The molecule has 0 atom stereocenters. The number of nitrogens with two attached hydrogens (primary N) is 1. The molecule has 0 aliphatic rings. The van der Waals surface area contributed by atoms with E-state index in [1.807, 2.05) is 6.92 Å². The van der Waals surface area contributed by atoms with Gasteiger partial charge in [0.15, 0.2) is 5.84 Å². The van der Waals surface area contributed by atoms with Crippen LogP contribution in [0.25, 0.3) is 0 Å². The molecule has 0 spiro atoms. The lowest BCUT2D eigenvalue weighted by molar-refractivity contribution is 0.0946. The fourth-order valence-electron chi connectivity index (χ4n) is 1.47. The van der Waals surface area contributed by atoms with E-state index >= 15 is 0 Å². The maximum atomic E-state index is 11.9. The second-order valence-electron chi connectivity index (χ2n) is 3.96. The number of thiazole rings is 1. The van der Waals surface area contributed by atoms with Gasteiger partial charge in [0.1, 0.15) is 10.7 Å². The molecule has 0 aliphatic carbocycles. The van der Waals surface area contributed by atoms with Crippen LogP contribution in [-0.4, -0.2) is 26.9 Å². The number of hydrogen-bond acceptors (Lipinski definition) is 6. The Hall–Kier alpha value is -2.48. The lowest BCUT2D eigenvalue weighted by Crippen LogP contribution is -2.24. The minimum Gasteiger partial charge on any atom is -0.409 e. The number of amides is 1. The zero-order chi connectivity index (χ0) is 14.5. The fraction of sp³-hybridized carbons (Fsp3) is 0.167. The van der Waals surface area contributed by atoms with Crippen molar-refractivity contribution in [3.8, 4) is 0 Å². The molecule has 8 heteroatoms. The highest BCUT2D eigenvalue weighted by molar-refractivity contribution is 7.11. The van der Waals surface area contributed by atoms with Gasteiger partial charge < -0.3 is 16.3 Å². The van der Waals surface area contributed by atoms with E-state index < -0.39 is 0 Å². The van der Waals surface area contributed by atoms with E-state index in [2.05, 4.69) is 20.4 Å². The minimum atomic E-state index is -0.302. The van der Waals surface area contributed by atoms with Gasteiger partial charge in [-0.3, -0.25) is 9.78 Å². The summed E-state index contributed by atoms with van der Waals surface area (Å²) in [7, 11) is 0. The summed E-state index contributed by atoms with van der Waals surface area (Å²) in [5.41, 5.74) is 6.11. The zero-order valence-electron chi connectivity index (χ0n) is 10.7. The molecule has 20 heavy (non-hydrogen) atoms. The first kappa shape index (κ1) is 13.9. The second kappa shape index (κ2) is 6.11. The molecular weight excluding hydrogens is 278 g/mol. The Bertz CT molecular complexity index is 636. The summed E-state index contributed by atoms with van der Waals surface area (Å²) < 4.78 is 0. The molecule has 0 unspecified atom stereocenters. The van der Waals surface area contributed by atoms with Crippen molar-refractivity contribution in [1.29, 1.82) is 0 Å². The third-order valence-corrected chi connectivity index (χ3v) is 3.38. The van der Waals surface area contributed by atoms with Gasteiger partial charge in [-0.05, 0) is 19.1 Å². The molecule has 4 N–H and O–H groups in total. The van der Waals surface area contributed by atoms with E-state index in [4.69, 9.17) is 10.9 Å². The summed E-state index contributed by atoms with van der Waals surface area (Å²) in [5.74, 6) is -0.355. The molecule has 2 rings (SSSR count). The number of aryl methyl sites for hydroxylation is 1. The maximum absolute atomic E-state index is 11.9. The largest absolute Gasteiger partial charge is 0.409 e. The van der Waals surface area contributed by atoms with Gasteiger partial charge in [-0.2, -0.15) is 0 Å². The number of nitrogens with zero attached hydrogens (tertiary/aromatic N) is 3. The zero-order valence-corrected chi connectivity index (χ0v) is 11.5. The summed E-state index contributed by atoms with van der Waals surface area (Å²) in [5, 5.41) is 15.0. The summed E-state index contributed by atoms with van der Waals surface area (Å²) in [6.07, 6.45) is 3.13. The predicted molar refractivity (Wildman–Crippen MR) is 74.8 cm³/mol. The van der Waals surface area contributed by atoms with Crippen molar-refractivity contribution in [2.24, 2.45) is 10.9 Å². The highest BCUT2D eigenvalue weighted by Gasteiger charge is 2.09. The number of pyridine rings is 1. The molecule has 104 valence electrons. The molecule has 1 amide bonds. The average molecular weight is 291 g/mol. The first-order valence-electron chi connectivity index (χ1n) is 5.73. The van der Waals surface area contributed by atoms with Gasteiger partial charge in [-0.1, -0.05) is 5.16 Å². The van der Waals surface area contributed by atoms with Gasteiger partial charge in [0, 0.05) is 22.8 Å².